The van der Waals surface area contributed by atoms with Gasteiger partial charge in [0.2, 0.25) is 5.91 Å². The fourth-order valence-corrected chi connectivity index (χ4v) is 4.04. The van der Waals surface area contributed by atoms with E-state index in [2.05, 4.69) is 23.5 Å². The Balaban J connectivity index is 1.83. The molecule has 1 saturated carbocycles. The number of hydrogen-bond donors (Lipinski definition) is 0. The summed E-state index contributed by atoms with van der Waals surface area (Å²) >= 11 is 0. The van der Waals surface area contributed by atoms with Crippen molar-refractivity contribution in [3.63, 3.8) is 0 Å². The maximum atomic E-state index is 13.6. The predicted octanol–water partition coefficient (Wildman–Crippen LogP) is 4.68. The van der Waals surface area contributed by atoms with E-state index in [0.29, 0.717) is 22.9 Å². The molecule has 2 aromatic heterocycles. The highest BCUT2D eigenvalue weighted by atomic mass is 19.1. The highest BCUT2D eigenvalue weighted by molar-refractivity contribution is 5.98. The van der Waals surface area contributed by atoms with Crippen LogP contribution >= 0.6 is 0 Å². The van der Waals surface area contributed by atoms with Crippen molar-refractivity contribution < 1.29 is 9.18 Å². The van der Waals surface area contributed by atoms with Crippen LogP contribution in [0.1, 0.15) is 58.6 Å². The molecule has 0 spiro atoms. The van der Waals surface area contributed by atoms with Gasteiger partial charge >= 0.3 is 0 Å². The van der Waals surface area contributed by atoms with Crippen LogP contribution in [0.2, 0.25) is 0 Å². The lowest BCUT2D eigenvalue weighted by molar-refractivity contribution is -0.127. The van der Waals surface area contributed by atoms with Gasteiger partial charge in [0.15, 0.2) is 0 Å². The van der Waals surface area contributed by atoms with Crippen LogP contribution in [0.25, 0.3) is 11.3 Å². The maximum Gasteiger partial charge on any atom is 0.225 e. The van der Waals surface area contributed by atoms with Crippen LogP contribution in [0.4, 0.5) is 4.39 Å². The van der Waals surface area contributed by atoms with E-state index in [4.69, 9.17) is 0 Å². The van der Waals surface area contributed by atoms with E-state index >= 15 is 0 Å². The number of rotatable bonds is 4. The number of amidine groups is 1. The summed E-state index contributed by atoms with van der Waals surface area (Å²) in [5.41, 5.74) is 1.70. The first kappa shape index (κ1) is 19.3. The average Bonchev–Trinajstić information content (AvgIpc) is 3.05. The van der Waals surface area contributed by atoms with Gasteiger partial charge in [-0.2, -0.15) is 0 Å². The van der Waals surface area contributed by atoms with E-state index in [0.717, 1.165) is 31.6 Å². The quantitative estimate of drug-likeness (QED) is 0.579. The van der Waals surface area contributed by atoms with Gasteiger partial charge in [-0.05, 0) is 50.7 Å². The Bertz CT molecular complexity index is 877. The smallest absolute Gasteiger partial charge is 0.225 e. The lowest BCUT2D eigenvalue weighted by Crippen LogP contribution is -2.44. The van der Waals surface area contributed by atoms with Crippen LogP contribution in [0.5, 0.6) is 0 Å². The van der Waals surface area contributed by atoms with Gasteiger partial charge in [0.05, 0.1) is 17.6 Å². The van der Waals surface area contributed by atoms with Gasteiger partial charge in [0.1, 0.15) is 17.3 Å². The maximum absolute atomic E-state index is 13.6. The lowest BCUT2D eigenvalue weighted by atomic mass is 9.84. The molecule has 3 rings (SSSR count). The minimum atomic E-state index is -0.353. The molecule has 0 unspecified atom stereocenters. The first-order valence-electron chi connectivity index (χ1n) is 9.57. The summed E-state index contributed by atoms with van der Waals surface area (Å²) in [5, 5.41) is 0. The van der Waals surface area contributed by atoms with Crippen molar-refractivity contribution in [2.45, 2.75) is 58.9 Å². The van der Waals surface area contributed by atoms with E-state index in [9.17, 15) is 9.18 Å². The molecule has 144 valence electrons. The number of halogens is 1. The standard InChI is InChI=1S/C21H27FN4O/c1-5-17-6-9-19(10-7-17)26(16(4)27)15(3)24-14(2)20-12-23-21-11-8-18(22)13-25(20)21/h8,11-13,17,19H,2,5-7,9-10H2,1,3-4H3. The van der Waals surface area contributed by atoms with Crippen LogP contribution < -0.4 is 0 Å². The van der Waals surface area contributed by atoms with E-state index in [1.165, 1.54) is 18.7 Å². The Morgan fingerprint density at radius 3 is 2.67 bits per heavy atom. The zero-order chi connectivity index (χ0) is 19.6. The van der Waals surface area contributed by atoms with E-state index in [-0.39, 0.29) is 17.8 Å². The molecule has 0 N–H and O–H groups in total. The fraction of sp³-hybridized carbons (Fsp3) is 0.476. The molecule has 1 aliphatic carbocycles. The summed E-state index contributed by atoms with van der Waals surface area (Å²) in [6, 6.07) is 3.16. The number of carbonyl (C=O) groups is 1. The minimum absolute atomic E-state index is 0.00631. The number of pyridine rings is 1. The number of carbonyl (C=O) groups excluding carboxylic acids is 1. The van der Waals surface area contributed by atoms with E-state index < -0.39 is 0 Å². The van der Waals surface area contributed by atoms with Crippen molar-refractivity contribution in [2.24, 2.45) is 10.9 Å². The Hall–Kier alpha value is -2.50. The van der Waals surface area contributed by atoms with E-state index in [1.807, 2.05) is 6.92 Å². The Kier molecular flexibility index (Phi) is 5.73. The van der Waals surface area contributed by atoms with Gasteiger partial charge in [-0.3, -0.25) is 14.1 Å². The van der Waals surface area contributed by atoms with Gasteiger partial charge in [0, 0.05) is 19.2 Å². The number of imidazole rings is 1. The molecule has 0 aliphatic heterocycles. The largest absolute Gasteiger partial charge is 0.298 e. The third kappa shape index (κ3) is 4.10. The van der Waals surface area contributed by atoms with Crippen molar-refractivity contribution in [3.8, 4) is 0 Å². The number of aliphatic imine (C=N–C) groups is 1. The van der Waals surface area contributed by atoms with Crippen molar-refractivity contribution in [2.75, 3.05) is 0 Å². The fourth-order valence-electron chi connectivity index (χ4n) is 4.04. The second-order valence-electron chi connectivity index (χ2n) is 7.30. The van der Waals surface area contributed by atoms with Crippen LogP contribution in [0.15, 0.2) is 36.1 Å². The molecule has 2 aromatic rings. The molecule has 0 radical (unpaired) electrons. The topological polar surface area (TPSA) is 50.0 Å². The summed E-state index contributed by atoms with van der Waals surface area (Å²) in [7, 11) is 0. The first-order chi connectivity index (χ1) is 12.9. The minimum Gasteiger partial charge on any atom is -0.298 e. The molecule has 1 amide bonds. The van der Waals surface area contributed by atoms with Gasteiger partial charge in [-0.1, -0.05) is 19.9 Å². The molecule has 5 nitrogen and oxygen atoms in total. The van der Waals surface area contributed by atoms with Crippen LogP contribution in [0.3, 0.4) is 0 Å². The first-order valence-corrected chi connectivity index (χ1v) is 9.57. The molecule has 0 atom stereocenters. The number of aromatic nitrogens is 2. The summed E-state index contributed by atoms with van der Waals surface area (Å²) in [4.78, 5) is 22.9. The molecule has 2 heterocycles. The van der Waals surface area contributed by atoms with Crippen molar-refractivity contribution in [1.29, 1.82) is 0 Å². The molecule has 6 heteroatoms. The van der Waals surface area contributed by atoms with Crippen LogP contribution in [0, 0.1) is 11.7 Å². The van der Waals surface area contributed by atoms with Crippen molar-refractivity contribution in [1.82, 2.24) is 14.3 Å². The second-order valence-corrected chi connectivity index (χ2v) is 7.30. The molecule has 0 aromatic carbocycles. The molecule has 1 aliphatic rings. The third-order valence-corrected chi connectivity index (χ3v) is 5.51. The average molecular weight is 370 g/mol. The van der Waals surface area contributed by atoms with Crippen molar-refractivity contribution >= 4 is 23.1 Å². The van der Waals surface area contributed by atoms with E-state index in [1.54, 1.807) is 28.5 Å². The molecular formula is C21H27FN4O. The Labute approximate surface area is 159 Å². The van der Waals surface area contributed by atoms with Gasteiger partial charge in [0.25, 0.3) is 0 Å². The number of hydrogen-bond acceptors (Lipinski definition) is 3. The summed E-state index contributed by atoms with van der Waals surface area (Å²) < 4.78 is 15.2. The normalized spacial score (nSPS) is 20.7. The Morgan fingerprint density at radius 2 is 2.04 bits per heavy atom. The number of amides is 1. The lowest BCUT2D eigenvalue weighted by Gasteiger charge is -2.36. The van der Waals surface area contributed by atoms with Gasteiger partial charge in [-0.25, -0.2) is 14.4 Å². The highest BCUT2D eigenvalue weighted by Gasteiger charge is 2.28. The monoisotopic (exact) mass is 370 g/mol. The van der Waals surface area contributed by atoms with Gasteiger partial charge < -0.3 is 0 Å². The zero-order valence-electron chi connectivity index (χ0n) is 16.3. The second kappa shape index (κ2) is 8.03. The van der Waals surface area contributed by atoms with Crippen molar-refractivity contribution in [3.05, 3.63) is 42.6 Å². The Morgan fingerprint density at radius 1 is 1.33 bits per heavy atom. The third-order valence-electron chi connectivity index (χ3n) is 5.51. The SMILES string of the molecule is C=C(N=C(C)N(C(C)=O)C1CCC(CC)CC1)c1cnc2ccc(F)cn12. The predicted molar refractivity (Wildman–Crippen MR) is 106 cm³/mol. The van der Waals surface area contributed by atoms with Gasteiger partial charge in [-0.15, -0.1) is 0 Å². The summed E-state index contributed by atoms with van der Waals surface area (Å²) in [6.07, 6.45) is 8.47. The zero-order valence-corrected chi connectivity index (χ0v) is 16.3. The molecule has 0 bridgehead atoms. The molecule has 27 heavy (non-hydrogen) atoms. The number of fused-ring (bicyclic) bond motifs is 1. The van der Waals surface area contributed by atoms with Crippen LogP contribution in [-0.2, 0) is 4.79 Å². The molecule has 1 fully saturated rings. The number of nitrogens with zero attached hydrogens (tertiary/aromatic N) is 4. The molecule has 0 saturated heterocycles. The highest BCUT2D eigenvalue weighted by Crippen LogP contribution is 2.30. The molecular weight excluding hydrogens is 343 g/mol. The summed E-state index contributed by atoms with van der Waals surface area (Å²) in [5.74, 6) is 1.02. The summed E-state index contributed by atoms with van der Waals surface area (Å²) in [6.45, 7) is 9.66. The van der Waals surface area contributed by atoms with Crippen LogP contribution in [-0.4, -0.2) is 32.1 Å².